The van der Waals surface area contributed by atoms with Crippen LogP contribution in [0.1, 0.15) is 46.0 Å². The number of aliphatic hydroxyl groups is 1. The molecule has 0 saturated heterocycles. The van der Waals surface area contributed by atoms with Crippen LogP contribution in [0, 0.1) is 24.0 Å². The molecular formula is C19H20N2O7. The molecule has 28 heavy (non-hydrogen) atoms. The number of carboxylic acid groups (broad SMARTS) is 1. The average molecular weight is 388 g/mol. The third-order valence-electron chi connectivity index (χ3n) is 3.90. The first-order valence-electron chi connectivity index (χ1n) is 8.32. The highest BCUT2D eigenvalue weighted by Gasteiger charge is 2.31. The van der Waals surface area contributed by atoms with E-state index in [2.05, 4.69) is 4.98 Å². The second-order valence-electron chi connectivity index (χ2n) is 6.88. The Kier molecular flexibility index (Phi) is 5.79. The van der Waals surface area contributed by atoms with E-state index in [1.165, 1.54) is 52.0 Å². The molecule has 0 amide bonds. The largest absolute Gasteiger partial charge is 0.478 e. The summed E-state index contributed by atoms with van der Waals surface area (Å²) in [7, 11) is 0. The fourth-order valence-corrected chi connectivity index (χ4v) is 2.79. The van der Waals surface area contributed by atoms with Crippen molar-refractivity contribution in [2.24, 2.45) is 0 Å². The van der Waals surface area contributed by atoms with Gasteiger partial charge in [-0.25, -0.2) is 9.59 Å². The molecule has 0 spiro atoms. The van der Waals surface area contributed by atoms with E-state index in [-0.39, 0.29) is 45.9 Å². The first-order chi connectivity index (χ1) is 12.9. The summed E-state index contributed by atoms with van der Waals surface area (Å²) in [5, 5.41) is 31.0. The predicted octanol–water partition coefficient (Wildman–Crippen LogP) is 2.90. The molecule has 0 bridgehead atoms. The molecule has 0 fully saturated rings. The number of pyridine rings is 1. The first-order valence-corrected chi connectivity index (χ1v) is 8.32. The van der Waals surface area contributed by atoms with Crippen molar-refractivity contribution >= 4 is 17.6 Å². The van der Waals surface area contributed by atoms with Crippen LogP contribution in [0.15, 0.2) is 24.3 Å². The van der Waals surface area contributed by atoms with Gasteiger partial charge in [0.2, 0.25) is 0 Å². The Bertz CT molecular complexity index is 961. The Morgan fingerprint density at radius 2 is 1.75 bits per heavy atom. The van der Waals surface area contributed by atoms with Gasteiger partial charge in [0.05, 0.1) is 38.6 Å². The van der Waals surface area contributed by atoms with Crippen LogP contribution in [0.3, 0.4) is 0 Å². The fraction of sp³-hybridized carbons (Fsp3) is 0.316. The summed E-state index contributed by atoms with van der Waals surface area (Å²) >= 11 is 0. The van der Waals surface area contributed by atoms with E-state index < -0.39 is 22.5 Å². The lowest BCUT2D eigenvalue weighted by Crippen LogP contribution is -2.28. The maximum absolute atomic E-state index is 12.7. The van der Waals surface area contributed by atoms with Gasteiger partial charge in [-0.1, -0.05) is 12.1 Å². The molecule has 1 aromatic carbocycles. The Hall–Kier alpha value is -3.33. The minimum absolute atomic E-state index is 0.0336. The van der Waals surface area contributed by atoms with Gasteiger partial charge in [-0.15, -0.1) is 0 Å². The van der Waals surface area contributed by atoms with Gasteiger partial charge in [-0.05, 0) is 33.8 Å². The fourth-order valence-electron chi connectivity index (χ4n) is 2.79. The lowest BCUT2D eigenvalue weighted by atomic mass is 9.91. The van der Waals surface area contributed by atoms with E-state index in [1.807, 2.05) is 0 Å². The monoisotopic (exact) mass is 388 g/mol. The van der Waals surface area contributed by atoms with E-state index in [0.717, 1.165) is 0 Å². The van der Waals surface area contributed by atoms with Crippen LogP contribution in [-0.4, -0.2) is 44.3 Å². The normalized spacial score (nSPS) is 11.2. The third-order valence-corrected chi connectivity index (χ3v) is 3.90. The van der Waals surface area contributed by atoms with Crippen molar-refractivity contribution in [3.63, 3.8) is 0 Å². The summed E-state index contributed by atoms with van der Waals surface area (Å²) < 4.78 is 5.12. The molecule has 148 valence electrons. The summed E-state index contributed by atoms with van der Waals surface area (Å²) in [6.07, 6.45) is 0. The number of aromatic nitrogens is 1. The Balaban J connectivity index is 2.84. The maximum Gasteiger partial charge on any atom is 0.340 e. The van der Waals surface area contributed by atoms with Gasteiger partial charge >= 0.3 is 11.9 Å². The Morgan fingerprint density at radius 1 is 1.18 bits per heavy atom. The van der Waals surface area contributed by atoms with Gasteiger partial charge in [0.1, 0.15) is 6.61 Å². The molecule has 1 heterocycles. The molecule has 9 heteroatoms. The summed E-state index contributed by atoms with van der Waals surface area (Å²) in [6.45, 7) is 5.45. The van der Waals surface area contributed by atoms with Crippen molar-refractivity contribution in [2.45, 2.75) is 33.3 Å². The number of nitro groups is 1. The number of hydrogen-bond acceptors (Lipinski definition) is 7. The lowest BCUT2D eigenvalue weighted by Gasteiger charge is -2.20. The van der Waals surface area contributed by atoms with Crippen LogP contribution in [0.4, 0.5) is 5.69 Å². The van der Waals surface area contributed by atoms with Gasteiger partial charge < -0.3 is 14.9 Å². The number of nitrogens with zero attached hydrogens (tertiary/aromatic N) is 2. The number of nitro benzene ring substituents is 1. The van der Waals surface area contributed by atoms with Crippen molar-refractivity contribution < 1.29 is 29.5 Å². The number of aromatic carboxylic acids is 1. The molecule has 2 rings (SSSR count). The highest BCUT2D eigenvalue weighted by Crippen LogP contribution is 2.37. The third kappa shape index (κ3) is 4.32. The van der Waals surface area contributed by atoms with E-state index in [1.54, 1.807) is 0 Å². The summed E-state index contributed by atoms with van der Waals surface area (Å²) in [4.78, 5) is 39.6. The number of benzene rings is 1. The van der Waals surface area contributed by atoms with E-state index in [0.29, 0.717) is 0 Å². The molecule has 0 aliphatic rings. The number of rotatable bonds is 6. The molecule has 0 atom stereocenters. The molecule has 0 saturated carbocycles. The van der Waals surface area contributed by atoms with Crippen molar-refractivity contribution in [3.05, 3.63) is 56.9 Å². The van der Waals surface area contributed by atoms with Crippen LogP contribution in [-0.2, 0) is 4.74 Å². The van der Waals surface area contributed by atoms with Gasteiger partial charge in [-0.2, -0.15) is 0 Å². The van der Waals surface area contributed by atoms with Gasteiger partial charge in [0, 0.05) is 11.6 Å². The Labute approximate surface area is 160 Å². The Morgan fingerprint density at radius 3 is 2.29 bits per heavy atom. The topological polar surface area (TPSA) is 140 Å². The average Bonchev–Trinajstić information content (AvgIpc) is 2.57. The smallest absolute Gasteiger partial charge is 0.340 e. The van der Waals surface area contributed by atoms with Crippen molar-refractivity contribution in [3.8, 4) is 11.1 Å². The van der Waals surface area contributed by atoms with Crippen LogP contribution >= 0.6 is 0 Å². The quantitative estimate of drug-likeness (QED) is 0.437. The van der Waals surface area contributed by atoms with Crippen molar-refractivity contribution in [2.75, 3.05) is 6.61 Å². The van der Waals surface area contributed by atoms with Crippen molar-refractivity contribution in [1.29, 1.82) is 0 Å². The molecule has 2 N–H and O–H groups in total. The molecule has 0 radical (unpaired) electrons. The molecule has 9 nitrogen and oxygen atoms in total. The van der Waals surface area contributed by atoms with Gasteiger partial charge in [0.15, 0.2) is 0 Å². The standard InChI is InChI=1S/C19H20N2O7/c1-10-14(17(22)23)16(12-7-5-6-8-13(12)21(26)27)15(11(2)20-10)18(24)28-9-19(3,4)25/h5-8,25H,9H2,1-4H3,(H,22,23). The number of carbonyl (C=O) groups is 2. The predicted molar refractivity (Wildman–Crippen MR) is 99.3 cm³/mol. The number of esters is 1. The molecule has 1 aromatic heterocycles. The molecular weight excluding hydrogens is 368 g/mol. The minimum atomic E-state index is -1.38. The maximum atomic E-state index is 12.7. The summed E-state index contributed by atoms with van der Waals surface area (Å²) in [6, 6.07) is 5.53. The van der Waals surface area contributed by atoms with E-state index in [9.17, 15) is 29.9 Å². The van der Waals surface area contributed by atoms with E-state index in [4.69, 9.17) is 4.74 Å². The van der Waals surface area contributed by atoms with Crippen LogP contribution in [0.2, 0.25) is 0 Å². The highest BCUT2D eigenvalue weighted by atomic mass is 16.6. The molecule has 0 unspecified atom stereocenters. The minimum Gasteiger partial charge on any atom is -0.478 e. The van der Waals surface area contributed by atoms with Crippen LogP contribution in [0.5, 0.6) is 0 Å². The number of aryl methyl sites for hydroxylation is 2. The zero-order valence-electron chi connectivity index (χ0n) is 15.8. The zero-order chi connectivity index (χ0) is 21.2. The first kappa shape index (κ1) is 21.0. The van der Waals surface area contributed by atoms with Crippen LogP contribution < -0.4 is 0 Å². The second-order valence-corrected chi connectivity index (χ2v) is 6.88. The lowest BCUT2D eigenvalue weighted by molar-refractivity contribution is -0.384. The van der Waals surface area contributed by atoms with E-state index >= 15 is 0 Å². The molecule has 0 aliphatic carbocycles. The number of carbonyl (C=O) groups excluding carboxylic acids is 1. The number of ether oxygens (including phenoxy) is 1. The van der Waals surface area contributed by atoms with Gasteiger partial charge in [0.25, 0.3) is 5.69 Å². The zero-order valence-corrected chi connectivity index (χ0v) is 15.8. The number of carboxylic acids is 1. The summed E-state index contributed by atoms with van der Waals surface area (Å²) in [5.74, 6) is -2.31. The SMILES string of the molecule is Cc1nc(C)c(C(=O)OCC(C)(C)O)c(-c2ccccc2[N+](=O)[O-])c1C(=O)O. The number of para-hydroxylation sites is 1. The summed E-state index contributed by atoms with van der Waals surface area (Å²) in [5.41, 5.74) is -2.08. The number of hydrogen-bond donors (Lipinski definition) is 2. The second kappa shape index (κ2) is 7.73. The van der Waals surface area contributed by atoms with Crippen LogP contribution in [0.25, 0.3) is 11.1 Å². The highest BCUT2D eigenvalue weighted by molar-refractivity contribution is 6.07. The molecule has 0 aliphatic heterocycles. The molecule has 2 aromatic rings. The van der Waals surface area contributed by atoms with Crippen molar-refractivity contribution in [1.82, 2.24) is 4.98 Å². The van der Waals surface area contributed by atoms with Gasteiger partial charge in [-0.3, -0.25) is 15.1 Å².